The number of alkyl halides is 3. The summed E-state index contributed by atoms with van der Waals surface area (Å²) in [4.78, 5) is 4.92. The summed E-state index contributed by atoms with van der Waals surface area (Å²) in [5.41, 5.74) is 6.67. The van der Waals surface area contributed by atoms with Crippen molar-refractivity contribution >= 4 is 16.5 Å². The first-order valence-electron chi connectivity index (χ1n) is 4.94. The van der Waals surface area contributed by atoms with Gasteiger partial charge in [0.25, 0.3) is 0 Å². The van der Waals surface area contributed by atoms with Crippen LogP contribution in [-0.4, -0.2) is 11.3 Å². The number of nitrogen functional groups attached to an aromatic ring is 1. The van der Waals surface area contributed by atoms with Crippen molar-refractivity contribution in [3.8, 4) is 17.0 Å². The molecule has 0 radical (unpaired) electrons. The van der Waals surface area contributed by atoms with Crippen LogP contribution in [0.4, 0.5) is 18.3 Å². The highest BCUT2D eigenvalue weighted by molar-refractivity contribution is 7.15. The zero-order valence-electron chi connectivity index (χ0n) is 9.28. The van der Waals surface area contributed by atoms with Gasteiger partial charge in [-0.25, -0.2) is 4.98 Å². The van der Waals surface area contributed by atoms with E-state index in [1.54, 1.807) is 13.0 Å². The third kappa shape index (κ3) is 2.92. The third-order valence-corrected chi connectivity index (χ3v) is 2.95. The Labute approximate surface area is 105 Å². The minimum absolute atomic E-state index is 0.272. The van der Waals surface area contributed by atoms with Crippen molar-refractivity contribution in [2.24, 2.45) is 0 Å². The molecule has 0 aliphatic rings. The Bertz CT molecular complexity index is 566. The lowest BCUT2D eigenvalue weighted by atomic mass is 10.1. The molecule has 2 N–H and O–H groups in total. The van der Waals surface area contributed by atoms with Crippen LogP contribution >= 0.6 is 11.3 Å². The monoisotopic (exact) mass is 274 g/mol. The van der Waals surface area contributed by atoms with Crippen molar-refractivity contribution in [3.63, 3.8) is 0 Å². The number of aromatic nitrogens is 1. The van der Waals surface area contributed by atoms with E-state index >= 15 is 0 Å². The number of hydrogen-bond donors (Lipinski definition) is 1. The van der Waals surface area contributed by atoms with Crippen LogP contribution in [0.1, 0.15) is 4.88 Å². The van der Waals surface area contributed by atoms with Gasteiger partial charge in [-0.15, -0.1) is 24.5 Å². The second kappa shape index (κ2) is 4.49. The normalized spacial score (nSPS) is 11.6. The van der Waals surface area contributed by atoms with E-state index < -0.39 is 6.36 Å². The van der Waals surface area contributed by atoms with Crippen LogP contribution < -0.4 is 10.5 Å². The van der Waals surface area contributed by atoms with Crippen molar-refractivity contribution in [2.75, 3.05) is 5.73 Å². The zero-order valence-corrected chi connectivity index (χ0v) is 10.1. The lowest BCUT2D eigenvalue weighted by Gasteiger charge is -2.09. The van der Waals surface area contributed by atoms with Crippen molar-refractivity contribution in [2.45, 2.75) is 13.3 Å². The highest BCUT2D eigenvalue weighted by Crippen LogP contribution is 2.32. The summed E-state index contributed by atoms with van der Waals surface area (Å²) in [6, 6.07) is 5.66. The number of nitrogens with two attached hydrogens (primary N) is 1. The van der Waals surface area contributed by atoms with Crippen LogP contribution in [0, 0.1) is 6.92 Å². The maximum absolute atomic E-state index is 12.1. The molecule has 0 aliphatic heterocycles. The lowest BCUT2D eigenvalue weighted by molar-refractivity contribution is -0.274. The molecule has 18 heavy (non-hydrogen) atoms. The molecule has 2 aromatic rings. The van der Waals surface area contributed by atoms with Gasteiger partial charge in [0.2, 0.25) is 0 Å². The molecule has 0 amide bonds. The quantitative estimate of drug-likeness (QED) is 0.910. The molecule has 7 heteroatoms. The third-order valence-electron chi connectivity index (χ3n) is 2.15. The Morgan fingerprint density at radius 1 is 1.33 bits per heavy atom. The molecule has 0 fully saturated rings. The van der Waals surface area contributed by atoms with Gasteiger partial charge >= 0.3 is 6.36 Å². The molecule has 0 spiro atoms. The Morgan fingerprint density at radius 2 is 2.06 bits per heavy atom. The Kier molecular flexibility index (Phi) is 3.16. The number of aryl methyl sites for hydroxylation is 1. The highest BCUT2D eigenvalue weighted by Gasteiger charge is 2.31. The minimum Gasteiger partial charge on any atom is -0.406 e. The fourth-order valence-electron chi connectivity index (χ4n) is 1.53. The maximum atomic E-state index is 12.1. The number of thiazole rings is 1. The lowest BCUT2D eigenvalue weighted by Crippen LogP contribution is -2.17. The van der Waals surface area contributed by atoms with E-state index in [2.05, 4.69) is 9.72 Å². The van der Waals surface area contributed by atoms with E-state index in [0.717, 1.165) is 4.88 Å². The van der Waals surface area contributed by atoms with Crippen LogP contribution in [0.2, 0.25) is 0 Å². The number of rotatable bonds is 2. The first kappa shape index (κ1) is 12.7. The second-order valence-electron chi connectivity index (χ2n) is 3.53. The second-order valence-corrected chi connectivity index (χ2v) is 4.77. The van der Waals surface area contributed by atoms with Crippen molar-refractivity contribution < 1.29 is 17.9 Å². The van der Waals surface area contributed by atoms with Crippen LogP contribution in [0.3, 0.4) is 0 Å². The molecule has 0 saturated heterocycles. The highest BCUT2D eigenvalue weighted by atomic mass is 32.1. The number of benzene rings is 1. The standard InChI is InChI=1S/C11H9F3N2OS/c1-6-9(16-10(15)18-6)7-3-2-4-8(5-7)17-11(12,13)14/h2-5H,1H3,(H2,15,16). The van der Waals surface area contributed by atoms with E-state index in [9.17, 15) is 13.2 Å². The van der Waals surface area contributed by atoms with Crippen molar-refractivity contribution in [1.29, 1.82) is 0 Å². The van der Waals surface area contributed by atoms with Gasteiger partial charge < -0.3 is 10.5 Å². The fourth-order valence-corrected chi connectivity index (χ4v) is 2.24. The van der Waals surface area contributed by atoms with Gasteiger partial charge in [-0.1, -0.05) is 12.1 Å². The predicted octanol–water partition coefficient (Wildman–Crippen LogP) is 3.60. The summed E-state index contributed by atoms with van der Waals surface area (Å²) in [7, 11) is 0. The largest absolute Gasteiger partial charge is 0.573 e. The number of hydrogen-bond acceptors (Lipinski definition) is 4. The van der Waals surface area contributed by atoms with E-state index in [1.165, 1.54) is 29.5 Å². The summed E-state index contributed by atoms with van der Waals surface area (Å²) >= 11 is 1.29. The number of ether oxygens (including phenoxy) is 1. The van der Waals surface area contributed by atoms with Gasteiger partial charge in [-0.05, 0) is 19.1 Å². The minimum atomic E-state index is -4.70. The summed E-state index contributed by atoms with van der Waals surface area (Å²) in [6.45, 7) is 1.81. The van der Waals surface area contributed by atoms with Crippen LogP contribution in [0.15, 0.2) is 24.3 Å². The Balaban J connectivity index is 2.36. The predicted molar refractivity (Wildman–Crippen MR) is 63.4 cm³/mol. The van der Waals surface area contributed by atoms with Crippen molar-refractivity contribution in [3.05, 3.63) is 29.1 Å². The molecule has 0 atom stereocenters. The molecular formula is C11H9F3N2OS. The molecule has 0 saturated carbocycles. The maximum Gasteiger partial charge on any atom is 0.573 e. The van der Waals surface area contributed by atoms with Gasteiger partial charge in [0.1, 0.15) is 5.75 Å². The average Bonchev–Trinajstić information content (AvgIpc) is 2.55. The zero-order chi connectivity index (χ0) is 13.3. The summed E-state index contributed by atoms with van der Waals surface area (Å²) < 4.78 is 40.2. The molecule has 1 aromatic carbocycles. The van der Waals surface area contributed by atoms with Crippen LogP contribution in [-0.2, 0) is 0 Å². The van der Waals surface area contributed by atoms with E-state index in [-0.39, 0.29) is 5.75 Å². The van der Waals surface area contributed by atoms with Gasteiger partial charge in [0.15, 0.2) is 5.13 Å². The number of anilines is 1. The van der Waals surface area contributed by atoms with E-state index in [4.69, 9.17) is 5.73 Å². The summed E-state index contributed by atoms with van der Waals surface area (Å²) in [5.74, 6) is -0.272. The Morgan fingerprint density at radius 3 is 2.61 bits per heavy atom. The molecule has 96 valence electrons. The molecule has 0 bridgehead atoms. The van der Waals surface area contributed by atoms with Crippen molar-refractivity contribution in [1.82, 2.24) is 4.98 Å². The molecule has 2 rings (SSSR count). The fraction of sp³-hybridized carbons (Fsp3) is 0.182. The van der Waals surface area contributed by atoms with E-state index in [0.29, 0.717) is 16.4 Å². The van der Waals surface area contributed by atoms with Gasteiger partial charge in [0, 0.05) is 10.4 Å². The molecule has 0 unspecified atom stereocenters. The smallest absolute Gasteiger partial charge is 0.406 e. The topological polar surface area (TPSA) is 48.1 Å². The first-order valence-corrected chi connectivity index (χ1v) is 5.76. The first-order chi connectivity index (χ1) is 8.35. The van der Waals surface area contributed by atoms with Gasteiger partial charge in [-0.3, -0.25) is 0 Å². The molecule has 1 heterocycles. The van der Waals surface area contributed by atoms with Crippen LogP contribution in [0.5, 0.6) is 5.75 Å². The van der Waals surface area contributed by atoms with Crippen LogP contribution in [0.25, 0.3) is 11.3 Å². The molecule has 1 aromatic heterocycles. The van der Waals surface area contributed by atoms with Gasteiger partial charge in [-0.2, -0.15) is 0 Å². The average molecular weight is 274 g/mol. The molecule has 3 nitrogen and oxygen atoms in total. The Hall–Kier alpha value is -1.76. The SMILES string of the molecule is Cc1sc(N)nc1-c1cccc(OC(F)(F)F)c1. The molecule has 0 aliphatic carbocycles. The summed E-state index contributed by atoms with van der Waals surface area (Å²) in [5, 5.41) is 0.379. The van der Waals surface area contributed by atoms with E-state index in [1.807, 2.05) is 0 Å². The number of halogens is 3. The van der Waals surface area contributed by atoms with Gasteiger partial charge in [0.05, 0.1) is 5.69 Å². The molecular weight excluding hydrogens is 265 g/mol. The number of nitrogens with zero attached hydrogens (tertiary/aromatic N) is 1. The summed E-state index contributed by atoms with van der Waals surface area (Å²) in [6.07, 6.45) is -4.70.